The normalized spacial score (nSPS) is 17.5. The van der Waals surface area contributed by atoms with Crippen LogP contribution in [-0.4, -0.2) is 53.5 Å². The molecule has 1 aromatic heterocycles. The van der Waals surface area contributed by atoms with Crippen molar-refractivity contribution in [3.8, 4) is 0 Å². The molecule has 0 unspecified atom stereocenters. The van der Waals surface area contributed by atoms with Crippen molar-refractivity contribution in [3.05, 3.63) is 24.2 Å². The smallest absolute Gasteiger partial charge is 0.242 e. The molecule has 0 spiro atoms. The Morgan fingerprint density at radius 1 is 1.25 bits per heavy atom. The van der Waals surface area contributed by atoms with E-state index < -0.39 is 0 Å². The van der Waals surface area contributed by atoms with E-state index in [1.807, 2.05) is 19.1 Å². The number of unbranched alkanes of at least 4 members (excludes halogenated alkanes) is 2. The van der Waals surface area contributed by atoms with Crippen molar-refractivity contribution in [2.75, 3.05) is 19.7 Å². The fourth-order valence-electron chi connectivity index (χ4n) is 3.51. The van der Waals surface area contributed by atoms with E-state index in [0.717, 1.165) is 50.9 Å². The zero-order valence-corrected chi connectivity index (χ0v) is 17.7. The first-order valence-corrected chi connectivity index (χ1v) is 10.8. The van der Waals surface area contributed by atoms with Crippen LogP contribution >= 0.6 is 0 Å². The Hall–Kier alpha value is -1.82. The van der Waals surface area contributed by atoms with Crippen LogP contribution in [0.15, 0.2) is 22.8 Å². The lowest BCUT2D eigenvalue weighted by molar-refractivity contribution is -0.143. The van der Waals surface area contributed by atoms with Gasteiger partial charge in [0.05, 0.1) is 18.9 Å². The van der Waals surface area contributed by atoms with Crippen LogP contribution < -0.4 is 0 Å². The van der Waals surface area contributed by atoms with Gasteiger partial charge in [-0.2, -0.15) is 0 Å². The largest absolute Gasteiger partial charge is 0.467 e. The number of rotatable bonds is 12. The molecule has 1 fully saturated rings. The highest BCUT2D eigenvalue weighted by Crippen LogP contribution is 2.17. The number of hydrogen-bond acceptors (Lipinski definition) is 4. The number of ether oxygens (including phenoxy) is 1. The summed E-state index contributed by atoms with van der Waals surface area (Å²) in [5, 5.41) is 0. The fourth-order valence-corrected chi connectivity index (χ4v) is 3.51. The Morgan fingerprint density at radius 3 is 2.68 bits per heavy atom. The summed E-state index contributed by atoms with van der Waals surface area (Å²) in [4.78, 5) is 29.4. The molecule has 0 bridgehead atoms. The Kier molecular flexibility index (Phi) is 9.55. The molecule has 1 saturated heterocycles. The SMILES string of the molecule is CCCCCC(=O)N(CC(=O)N(Cc1ccco1)C[C@H]1CCCO1)[C@@H](C)CC. The minimum atomic E-state index is -0.0453. The van der Waals surface area contributed by atoms with Gasteiger partial charge >= 0.3 is 0 Å². The average molecular weight is 393 g/mol. The second kappa shape index (κ2) is 11.9. The van der Waals surface area contributed by atoms with Crippen LogP contribution in [-0.2, 0) is 20.9 Å². The number of hydrogen-bond donors (Lipinski definition) is 0. The molecule has 0 aromatic carbocycles. The first kappa shape index (κ1) is 22.5. The molecule has 0 radical (unpaired) electrons. The van der Waals surface area contributed by atoms with Gasteiger partial charge in [-0.1, -0.05) is 26.7 Å². The lowest BCUT2D eigenvalue weighted by atomic mass is 10.1. The summed E-state index contributed by atoms with van der Waals surface area (Å²) in [5.74, 6) is 0.776. The fraction of sp³-hybridized carbons (Fsp3) is 0.727. The Labute approximate surface area is 169 Å². The highest BCUT2D eigenvalue weighted by atomic mass is 16.5. The van der Waals surface area contributed by atoms with E-state index in [4.69, 9.17) is 9.15 Å². The summed E-state index contributed by atoms with van der Waals surface area (Å²) in [6.45, 7) is 8.01. The van der Waals surface area contributed by atoms with Crippen LogP contribution in [0.2, 0.25) is 0 Å². The third kappa shape index (κ3) is 6.97. The van der Waals surface area contributed by atoms with E-state index in [2.05, 4.69) is 13.8 Å². The summed E-state index contributed by atoms with van der Waals surface area (Å²) < 4.78 is 11.2. The molecule has 0 saturated carbocycles. The van der Waals surface area contributed by atoms with E-state index >= 15 is 0 Å². The molecule has 2 amide bonds. The van der Waals surface area contributed by atoms with Crippen molar-refractivity contribution < 1.29 is 18.7 Å². The minimum Gasteiger partial charge on any atom is -0.467 e. The molecule has 2 atom stereocenters. The van der Waals surface area contributed by atoms with E-state index in [-0.39, 0.29) is 30.5 Å². The van der Waals surface area contributed by atoms with E-state index in [0.29, 0.717) is 19.5 Å². The highest BCUT2D eigenvalue weighted by Gasteiger charge is 2.27. The molecular weight excluding hydrogens is 356 g/mol. The molecule has 1 aromatic rings. The van der Waals surface area contributed by atoms with Crippen molar-refractivity contribution >= 4 is 11.8 Å². The molecule has 2 heterocycles. The number of carbonyl (C=O) groups excluding carboxylic acids is 2. The van der Waals surface area contributed by atoms with Gasteiger partial charge in [-0.15, -0.1) is 0 Å². The predicted molar refractivity (Wildman–Crippen MR) is 109 cm³/mol. The Bertz CT molecular complexity index is 581. The Balaban J connectivity index is 2.04. The summed E-state index contributed by atoms with van der Waals surface area (Å²) >= 11 is 0. The van der Waals surface area contributed by atoms with Gasteiger partial charge in [-0.3, -0.25) is 9.59 Å². The molecule has 0 N–H and O–H groups in total. The molecule has 2 rings (SSSR count). The monoisotopic (exact) mass is 392 g/mol. The molecule has 0 aliphatic carbocycles. The average Bonchev–Trinajstić information content (AvgIpc) is 3.39. The summed E-state index contributed by atoms with van der Waals surface area (Å²) in [6.07, 6.45) is 8.01. The highest BCUT2D eigenvalue weighted by molar-refractivity contribution is 5.85. The summed E-state index contributed by atoms with van der Waals surface area (Å²) in [6, 6.07) is 3.75. The second-order valence-electron chi connectivity index (χ2n) is 7.72. The van der Waals surface area contributed by atoms with Gasteiger partial charge in [0, 0.05) is 25.6 Å². The molecular formula is C22H36N2O4. The lowest BCUT2D eigenvalue weighted by Crippen LogP contribution is -2.47. The first-order chi connectivity index (χ1) is 13.5. The zero-order chi connectivity index (χ0) is 20.4. The van der Waals surface area contributed by atoms with Crippen LogP contribution in [0.4, 0.5) is 0 Å². The summed E-state index contributed by atoms with van der Waals surface area (Å²) in [7, 11) is 0. The van der Waals surface area contributed by atoms with Crippen molar-refractivity contribution in [2.24, 2.45) is 0 Å². The van der Waals surface area contributed by atoms with Crippen LogP contribution in [0.25, 0.3) is 0 Å². The van der Waals surface area contributed by atoms with Crippen molar-refractivity contribution in [1.82, 2.24) is 9.80 Å². The van der Waals surface area contributed by atoms with Crippen molar-refractivity contribution in [3.63, 3.8) is 0 Å². The minimum absolute atomic E-state index is 0.0453. The Morgan fingerprint density at radius 2 is 2.07 bits per heavy atom. The first-order valence-electron chi connectivity index (χ1n) is 10.8. The van der Waals surface area contributed by atoms with Gasteiger partial charge in [0.15, 0.2) is 0 Å². The zero-order valence-electron chi connectivity index (χ0n) is 17.7. The third-order valence-corrected chi connectivity index (χ3v) is 5.47. The van der Waals surface area contributed by atoms with Crippen molar-refractivity contribution in [2.45, 2.75) is 84.4 Å². The number of nitrogens with zero attached hydrogens (tertiary/aromatic N) is 2. The van der Waals surface area contributed by atoms with E-state index in [1.54, 1.807) is 16.1 Å². The van der Waals surface area contributed by atoms with Gasteiger partial charge in [-0.05, 0) is 44.7 Å². The number of amides is 2. The molecule has 6 heteroatoms. The third-order valence-electron chi connectivity index (χ3n) is 5.47. The van der Waals surface area contributed by atoms with Gasteiger partial charge in [-0.25, -0.2) is 0 Å². The standard InChI is InChI=1S/C22H36N2O4/c1-4-6-7-12-21(25)24(18(3)5-2)17-22(26)23(15-19-10-8-13-27-19)16-20-11-9-14-28-20/h8,10,13,18,20H,4-7,9,11-12,14-17H2,1-3H3/t18-,20+/m0/s1. The number of carbonyl (C=O) groups is 2. The molecule has 1 aliphatic heterocycles. The maximum absolute atomic E-state index is 13.2. The summed E-state index contributed by atoms with van der Waals surface area (Å²) in [5.41, 5.74) is 0. The van der Waals surface area contributed by atoms with E-state index in [1.165, 1.54) is 0 Å². The quantitative estimate of drug-likeness (QED) is 0.505. The molecule has 1 aliphatic rings. The topological polar surface area (TPSA) is 63.0 Å². The van der Waals surface area contributed by atoms with Crippen LogP contribution in [0.5, 0.6) is 0 Å². The van der Waals surface area contributed by atoms with Gasteiger partial charge in [0.2, 0.25) is 11.8 Å². The van der Waals surface area contributed by atoms with E-state index in [9.17, 15) is 9.59 Å². The second-order valence-corrected chi connectivity index (χ2v) is 7.72. The van der Waals surface area contributed by atoms with Crippen LogP contribution in [0.3, 0.4) is 0 Å². The maximum atomic E-state index is 13.2. The lowest BCUT2D eigenvalue weighted by Gasteiger charge is -2.32. The van der Waals surface area contributed by atoms with Crippen LogP contribution in [0, 0.1) is 0 Å². The molecule has 158 valence electrons. The van der Waals surface area contributed by atoms with Gasteiger partial charge in [0.1, 0.15) is 12.3 Å². The molecule has 28 heavy (non-hydrogen) atoms. The van der Waals surface area contributed by atoms with Crippen LogP contribution in [0.1, 0.15) is 71.5 Å². The molecule has 6 nitrogen and oxygen atoms in total. The maximum Gasteiger partial charge on any atom is 0.242 e. The predicted octanol–water partition coefficient (Wildman–Crippen LogP) is 3.99. The van der Waals surface area contributed by atoms with Gasteiger partial charge in [0.25, 0.3) is 0 Å². The number of furan rings is 1. The van der Waals surface area contributed by atoms with Crippen molar-refractivity contribution in [1.29, 1.82) is 0 Å². The van der Waals surface area contributed by atoms with Gasteiger partial charge < -0.3 is 19.0 Å².